The van der Waals surface area contributed by atoms with Gasteiger partial charge in [-0.25, -0.2) is 0 Å². The third-order valence-corrected chi connectivity index (χ3v) is 5.09. The molecule has 1 aromatic carbocycles. The summed E-state index contributed by atoms with van der Waals surface area (Å²) in [5.74, 6) is 0.943. The fourth-order valence-electron chi connectivity index (χ4n) is 3.59. The minimum Gasteiger partial charge on any atom is -0.391 e. The molecule has 5 heteroatoms. The van der Waals surface area contributed by atoms with Gasteiger partial charge in [0.25, 0.3) is 0 Å². The fourth-order valence-corrected chi connectivity index (χ4v) is 3.59. The Balaban J connectivity index is 1.60. The summed E-state index contributed by atoms with van der Waals surface area (Å²) in [6.45, 7) is 9.70. The summed E-state index contributed by atoms with van der Waals surface area (Å²) in [4.78, 5) is 9.53. The molecule has 2 heterocycles. The van der Waals surface area contributed by atoms with Gasteiger partial charge in [0.1, 0.15) is 0 Å². The smallest absolute Gasteiger partial charge is 0.194 e. The molecule has 0 amide bonds. The van der Waals surface area contributed by atoms with E-state index in [0.717, 1.165) is 51.5 Å². The maximum Gasteiger partial charge on any atom is 0.194 e. The van der Waals surface area contributed by atoms with Crippen molar-refractivity contribution >= 4 is 5.96 Å². The monoisotopic (exact) mass is 330 g/mol. The first kappa shape index (κ1) is 17.2. The average molecular weight is 330 g/mol. The topological polar surface area (TPSA) is 51.1 Å². The van der Waals surface area contributed by atoms with Crippen molar-refractivity contribution in [2.45, 2.75) is 45.4 Å². The summed E-state index contributed by atoms with van der Waals surface area (Å²) in [5.41, 5.74) is 2.94. The van der Waals surface area contributed by atoms with Crippen LogP contribution in [0, 0.1) is 0 Å². The van der Waals surface area contributed by atoms with E-state index >= 15 is 0 Å². The van der Waals surface area contributed by atoms with Crippen LogP contribution in [0.25, 0.3) is 0 Å². The number of rotatable bonds is 4. The van der Waals surface area contributed by atoms with Crippen LogP contribution < -0.4 is 5.32 Å². The van der Waals surface area contributed by atoms with Gasteiger partial charge in [-0.1, -0.05) is 24.3 Å². The fraction of sp³-hybridized carbons (Fsp3) is 0.632. The predicted octanol–water partition coefficient (Wildman–Crippen LogP) is 1.47. The highest BCUT2D eigenvalue weighted by Gasteiger charge is 2.24. The number of hydrogen-bond donors (Lipinski definition) is 2. The molecule has 2 N–H and O–H groups in total. The molecule has 1 saturated heterocycles. The van der Waals surface area contributed by atoms with E-state index in [1.54, 1.807) is 0 Å². The molecule has 2 aliphatic heterocycles. The highest BCUT2D eigenvalue weighted by atomic mass is 16.3. The van der Waals surface area contributed by atoms with E-state index in [9.17, 15) is 5.11 Å². The summed E-state index contributed by atoms with van der Waals surface area (Å²) in [6.07, 6.45) is 1.75. The molecule has 1 unspecified atom stereocenters. The van der Waals surface area contributed by atoms with Gasteiger partial charge in [0, 0.05) is 38.8 Å². The van der Waals surface area contributed by atoms with E-state index in [0.29, 0.717) is 12.6 Å². The van der Waals surface area contributed by atoms with Gasteiger partial charge in [0.2, 0.25) is 0 Å². The Hall–Kier alpha value is -1.59. The largest absolute Gasteiger partial charge is 0.391 e. The number of aliphatic hydroxyl groups excluding tert-OH is 1. The lowest BCUT2D eigenvalue weighted by atomic mass is 9.99. The average Bonchev–Trinajstić information content (AvgIpc) is 3.04. The second kappa shape index (κ2) is 7.99. The zero-order valence-electron chi connectivity index (χ0n) is 14.9. The molecule has 0 aromatic heterocycles. The maximum atomic E-state index is 9.76. The number of fused-ring (bicyclic) bond motifs is 1. The Kier molecular flexibility index (Phi) is 5.74. The number of hydrogen-bond acceptors (Lipinski definition) is 3. The molecule has 2 atom stereocenters. The molecule has 0 spiro atoms. The van der Waals surface area contributed by atoms with Crippen LogP contribution in [0.2, 0.25) is 0 Å². The van der Waals surface area contributed by atoms with Crippen molar-refractivity contribution in [3.05, 3.63) is 35.4 Å². The second-order valence-electron chi connectivity index (χ2n) is 6.92. The van der Waals surface area contributed by atoms with E-state index in [-0.39, 0.29) is 6.10 Å². The zero-order valence-corrected chi connectivity index (χ0v) is 14.9. The minimum absolute atomic E-state index is 0.218. The van der Waals surface area contributed by atoms with Gasteiger partial charge >= 0.3 is 0 Å². The lowest BCUT2D eigenvalue weighted by molar-refractivity contribution is 0.187. The molecule has 0 saturated carbocycles. The highest BCUT2D eigenvalue weighted by Crippen LogP contribution is 2.20. The van der Waals surface area contributed by atoms with Crippen LogP contribution in [0.1, 0.15) is 31.4 Å². The van der Waals surface area contributed by atoms with Gasteiger partial charge in [-0.3, -0.25) is 9.89 Å². The first-order chi connectivity index (χ1) is 11.7. The Bertz CT molecular complexity index is 574. The van der Waals surface area contributed by atoms with Gasteiger partial charge in [0.15, 0.2) is 5.96 Å². The van der Waals surface area contributed by atoms with Crippen LogP contribution >= 0.6 is 0 Å². The molecule has 2 aliphatic rings. The van der Waals surface area contributed by atoms with Crippen molar-refractivity contribution in [1.29, 1.82) is 0 Å². The van der Waals surface area contributed by atoms with Crippen molar-refractivity contribution in [2.24, 2.45) is 4.99 Å². The lowest BCUT2D eigenvalue weighted by Crippen LogP contribution is -2.43. The van der Waals surface area contributed by atoms with Crippen LogP contribution in [-0.2, 0) is 13.0 Å². The molecule has 0 aliphatic carbocycles. The van der Waals surface area contributed by atoms with Crippen LogP contribution in [0.5, 0.6) is 0 Å². The first-order valence-corrected chi connectivity index (χ1v) is 9.19. The third kappa shape index (κ3) is 4.08. The third-order valence-electron chi connectivity index (χ3n) is 5.09. The molecule has 1 aromatic rings. The molecular formula is C19H30N4O. The van der Waals surface area contributed by atoms with Crippen molar-refractivity contribution in [1.82, 2.24) is 15.1 Å². The number of nitrogens with zero attached hydrogens (tertiary/aromatic N) is 3. The quantitative estimate of drug-likeness (QED) is 0.648. The zero-order chi connectivity index (χ0) is 16.9. The van der Waals surface area contributed by atoms with Gasteiger partial charge in [-0.05, 0) is 37.8 Å². The van der Waals surface area contributed by atoms with E-state index in [2.05, 4.69) is 53.2 Å². The van der Waals surface area contributed by atoms with E-state index in [1.807, 2.05) is 0 Å². The Labute approximate surface area is 145 Å². The summed E-state index contributed by atoms with van der Waals surface area (Å²) >= 11 is 0. The van der Waals surface area contributed by atoms with E-state index < -0.39 is 0 Å². The number of β-amino-alcohol motifs (C(OH)–C–C–N with tert-alkyl or cyclic N) is 1. The molecule has 1 fully saturated rings. The lowest BCUT2D eigenvalue weighted by Gasteiger charge is -2.33. The molecular weight excluding hydrogens is 300 g/mol. The highest BCUT2D eigenvalue weighted by molar-refractivity contribution is 5.80. The number of aliphatic imine (C=N–C) groups is 1. The Morgan fingerprint density at radius 3 is 2.83 bits per heavy atom. The summed E-state index contributed by atoms with van der Waals surface area (Å²) < 4.78 is 0. The number of guanidine groups is 1. The predicted molar refractivity (Wildman–Crippen MR) is 98.2 cm³/mol. The standard InChI is InChI=1S/C19H30N4O/c1-3-20-19(23-11-9-18(24)14-23)21-12-15(2)22-10-8-16-6-4-5-7-17(16)13-22/h4-7,15,18,24H,3,8-14H2,1-2H3,(H,20,21)/t15?,18-/m1/s1. The van der Waals surface area contributed by atoms with Gasteiger partial charge < -0.3 is 15.3 Å². The molecule has 132 valence electrons. The number of aliphatic hydroxyl groups is 1. The van der Waals surface area contributed by atoms with E-state index in [1.165, 1.54) is 11.1 Å². The Morgan fingerprint density at radius 2 is 2.12 bits per heavy atom. The Morgan fingerprint density at radius 1 is 1.33 bits per heavy atom. The summed E-state index contributed by atoms with van der Waals surface area (Å²) in [5, 5.41) is 13.1. The van der Waals surface area contributed by atoms with Crippen LogP contribution in [0.3, 0.4) is 0 Å². The molecule has 0 bridgehead atoms. The van der Waals surface area contributed by atoms with Crippen molar-refractivity contribution < 1.29 is 5.11 Å². The maximum absolute atomic E-state index is 9.76. The van der Waals surface area contributed by atoms with Crippen molar-refractivity contribution in [2.75, 3.05) is 32.7 Å². The summed E-state index contributed by atoms with van der Waals surface area (Å²) in [6, 6.07) is 9.17. The van der Waals surface area contributed by atoms with Gasteiger partial charge in [0.05, 0.1) is 12.6 Å². The molecule has 24 heavy (non-hydrogen) atoms. The number of likely N-dealkylation sites (tertiary alicyclic amines) is 1. The minimum atomic E-state index is -0.218. The molecule has 5 nitrogen and oxygen atoms in total. The first-order valence-electron chi connectivity index (χ1n) is 9.19. The van der Waals surface area contributed by atoms with E-state index in [4.69, 9.17) is 4.99 Å². The van der Waals surface area contributed by atoms with Crippen molar-refractivity contribution in [3.8, 4) is 0 Å². The van der Waals surface area contributed by atoms with Crippen LogP contribution in [0.15, 0.2) is 29.3 Å². The molecule has 0 radical (unpaired) electrons. The van der Waals surface area contributed by atoms with Gasteiger partial charge in [-0.15, -0.1) is 0 Å². The number of benzene rings is 1. The number of nitrogens with one attached hydrogen (secondary N) is 1. The summed E-state index contributed by atoms with van der Waals surface area (Å²) in [7, 11) is 0. The molecule has 3 rings (SSSR count). The SMILES string of the molecule is CCNC(=NCC(C)N1CCc2ccccc2C1)N1CC[C@@H](O)C1. The van der Waals surface area contributed by atoms with Gasteiger partial charge in [-0.2, -0.15) is 0 Å². The normalized spacial score (nSPS) is 23.2. The van der Waals surface area contributed by atoms with Crippen molar-refractivity contribution in [3.63, 3.8) is 0 Å². The van der Waals surface area contributed by atoms with Crippen LogP contribution in [0.4, 0.5) is 0 Å². The second-order valence-corrected chi connectivity index (χ2v) is 6.92. The van der Waals surface area contributed by atoms with Crippen LogP contribution in [-0.4, -0.2) is 65.7 Å².